The summed E-state index contributed by atoms with van der Waals surface area (Å²) in [6.45, 7) is 0.401. The fourth-order valence-corrected chi connectivity index (χ4v) is 2.59. The quantitative estimate of drug-likeness (QED) is 0.662. The summed E-state index contributed by atoms with van der Waals surface area (Å²) >= 11 is 6.18. The summed E-state index contributed by atoms with van der Waals surface area (Å²) < 4.78 is 5.77. The van der Waals surface area contributed by atoms with E-state index in [0.717, 1.165) is 5.56 Å². The lowest BCUT2D eigenvalue weighted by atomic mass is 10.2. The Morgan fingerprint density at radius 3 is 2.52 bits per heavy atom. The average Bonchev–Trinajstić information content (AvgIpc) is 2.64. The third kappa shape index (κ3) is 4.17. The van der Waals surface area contributed by atoms with Gasteiger partial charge < -0.3 is 9.64 Å². The van der Waals surface area contributed by atoms with E-state index in [9.17, 15) is 4.79 Å². The molecule has 0 aliphatic rings. The van der Waals surface area contributed by atoms with E-state index in [-0.39, 0.29) is 11.8 Å². The van der Waals surface area contributed by atoms with Crippen molar-refractivity contribution in [2.45, 2.75) is 6.54 Å². The van der Waals surface area contributed by atoms with E-state index in [1.165, 1.54) is 0 Å². The van der Waals surface area contributed by atoms with Gasteiger partial charge in [-0.3, -0.25) is 4.79 Å². The Hall–Kier alpha value is -2.85. The Bertz CT molecular complexity index is 868. The van der Waals surface area contributed by atoms with E-state index in [4.69, 9.17) is 16.3 Å². The monoisotopic (exact) mass is 352 g/mol. The summed E-state index contributed by atoms with van der Waals surface area (Å²) in [6, 6.07) is 20.1. The van der Waals surface area contributed by atoms with Gasteiger partial charge in [-0.05, 0) is 35.9 Å². The molecular weight excluding hydrogens is 336 g/mol. The van der Waals surface area contributed by atoms with Crippen LogP contribution in [0.1, 0.15) is 15.9 Å². The molecule has 1 amide bonds. The maximum atomic E-state index is 12.8. The van der Waals surface area contributed by atoms with Crippen molar-refractivity contribution in [3.8, 4) is 11.6 Å². The van der Waals surface area contributed by atoms with Crippen LogP contribution in [0.2, 0.25) is 5.02 Å². The fraction of sp³-hybridized carbons (Fsp3) is 0.100. The summed E-state index contributed by atoms with van der Waals surface area (Å²) in [5.74, 6) is 0.729. The highest BCUT2D eigenvalue weighted by molar-refractivity contribution is 6.31. The molecule has 0 unspecified atom stereocenters. The fourth-order valence-electron chi connectivity index (χ4n) is 2.39. The zero-order valence-electron chi connectivity index (χ0n) is 13.7. The SMILES string of the molecule is CN(Cc1ccccc1Cl)C(=O)c1cccnc1Oc1ccccc1. The van der Waals surface area contributed by atoms with Crippen LogP contribution in [-0.2, 0) is 6.54 Å². The van der Waals surface area contributed by atoms with Gasteiger partial charge in [-0.25, -0.2) is 4.98 Å². The molecule has 4 nitrogen and oxygen atoms in total. The van der Waals surface area contributed by atoms with Gasteiger partial charge in [-0.1, -0.05) is 48.0 Å². The van der Waals surface area contributed by atoms with E-state index in [1.807, 2.05) is 54.6 Å². The number of carbonyl (C=O) groups excluding carboxylic acids is 1. The molecule has 0 spiro atoms. The van der Waals surface area contributed by atoms with Crippen LogP contribution in [0.4, 0.5) is 0 Å². The molecule has 0 atom stereocenters. The Morgan fingerprint density at radius 1 is 1.04 bits per heavy atom. The minimum Gasteiger partial charge on any atom is -0.438 e. The molecule has 0 saturated heterocycles. The molecule has 0 aliphatic carbocycles. The molecule has 0 bridgehead atoms. The van der Waals surface area contributed by atoms with Gasteiger partial charge in [-0.15, -0.1) is 0 Å². The standard InChI is InChI=1S/C20H17ClN2O2/c1-23(14-15-8-5-6-12-18(15)21)20(24)17-11-7-13-22-19(17)25-16-9-3-2-4-10-16/h2-13H,14H2,1H3. The molecule has 0 aliphatic heterocycles. The largest absolute Gasteiger partial charge is 0.438 e. The van der Waals surface area contributed by atoms with Crippen molar-refractivity contribution in [3.63, 3.8) is 0 Å². The third-order valence-electron chi connectivity index (χ3n) is 3.67. The number of ether oxygens (including phenoxy) is 1. The van der Waals surface area contributed by atoms with Gasteiger partial charge in [0.05, 0.1) is 0 Å². The summed E-state index contributed by atoms with van der Waals surface area (Å²) in [5.41, 5.74) is 1.29. The van der Waals surface area contributed by atoms with Crippen molar-refractivity contribution in [3.05, 3.63) is 89.1 Å². The number of pyridine rings is 1. The number of para-hydroxylation sites is 1. The van der Waals surface area contributed by atoms with Gasteiger partial charge in [-0.2, -0.15) is 0 Å². The summed E-state index contributed by atoms with van der Waals surface area (Å²) in [7, 11) is 1.73. The van der Waals surface area contributed by atoms with Crippen molar-refractivity contribution in [2.75, 3.05) is 7.05 Å². The topological polar surface area (TPSA) is 42.4 Å². The summed E-state index contributed by atoms with van der Waals surface area (Å²) in [5, 5.41) is 0.633. The predicted octanol–water partition coefficient (Wildman–Crippen LogP) is 4.80. The van der Waals surface area contributed by atoms with Crippen molar-refractivity contribution in [1.29, 1.82) is 0 Å². The predicted molar refractivity (Wildman–Crippen MR) is 98.0 cm³/mol. The molecule has 0 radical (unpaired) electrons. The van der Waals surface area contributed by atoms with E-state index >= 15 is 0 Å². The lowest BCUT2D eigenvalue weighted by molar-refractivity contribution is 0.0782. The molecule has 2 aromatic carbocycles. The van der Waals surface area contributed by atoms with Gasteiger partial charge in [0.1, 0.15) is 11.3 Å². The molecule has 1 heterocycles. The number of rotatable bonds is 5. The first kappa shape index (κ1) is 17.0. The second-order valence-corrected chi connectivity index (χ2v) is 5.93. The van der Waals surface area contributed by atoms with Gasteiger partial charge in [0, 0.05) is 24.8 Å². The first-order chi connectivity index (χ1) is 12.1. The molecule has 25 heavy (non-hydrogen) atoms. The molecule has 3 aromatic rings. The molecule has 0 N–H and O–H groups in total. The third-order valence-corrected chi connectivity index (χ3v) is 4.04. The highest BCUT2D eigenvalue weighted by Crippen LogP contribution is 2.24. The minimum atomic E-state index is -0.182. The number of hydrogen-bond donors (Lipinski definition) is 0. The number of halogens is 1. The molecule has 0 fully saturated rings. The van der Waals surface area contributed by atoms with Crippen LogP contribution in [0.5, 0.6) is 11.6 Å². The van der Waals surface area contributed by atoms with Crippen molar-refractivity contribution in [1.82, 2.24) is 9.88 Å². The maximum Gasteiger partial charge on any atom is 0.259 e. The van der Waals surface area contributed by atoms with Gasteiger partial charge in [0.15, 0.2) is 0 Å². The van der Waals surface area contributed by atoms with E-state index in [2.05, 4.69) is 4.98 Å². The van der Waals surface area contributed by atoms with E-state index in [0.29, 0.717) is 22.9 Å². The molecule has 0 saturated carbocycles. The number of amides is 1. The average molecular weight is 353 g/mol. The number of carbonyl (C=O) groups is 1. The number of benzene rings is 2. The molecule has 1 aromatic heterocycles. The van der Waals surface area contributed by atoms with Crippen LogP contribution in [0, 0.1) is 0 Å². The smallest absolute Gasteiger partial charge is 0.259 e. The zero-order chi connectivity index (χ0) is 17.6. The van der Waals surface area contributed by atoms with Crippen LogP contribution >= 0.6 is 11.6 Å². The van der Waals surface area contributed by atoms with Crippen LogP contribution < -0.4 is 4.74 Å². The van der Waals surface area contributed by atoms with E-state index in [1.54, 1.807) is 30.3 Å². The van der Waals surface area contributed by atoms with Gasteiger partial charge >= 0.3 is 0 Å². The van der Waals surface area contributed by atoms with Gasteiger partial charge in [0.2, 0.25) is 5.88 Å². The first-order valence-corrected chi connectivity index (χ1v) is 8.20. The highest BCUT2D eigenvalue weighted by Gasteiger charge is 2.19. The Morgan fingerprint density at radius 2 is 1.76 bits per heavy atom. The van der Waals surface area contributed by atoms with Crippen molar-refractivity contribution >= 4 is 17.5 Å². The Kier molecular flexibility index (Phi) is 5.31. The van der Waals surface area contributed by atoms with Gasteiger partial charge in [0.25, 0.3) is 5.91 Å². The molecule has 5 heteroatoms. The van der Waals surface area contributed by atoms with Crippen LogP contribution in [0.25, 0.3) is 0 Å². The molecular formula is C20H17ClN2O2. The lowest BCUT2D eigenvalue weighted by Crippen LogP contribution is -2.26. The number of hydrogen-bond acceptors (Lipinski definition) is 3. The highest BCUT2D eigenvalue weighted by atomic mass is 35.5. The van der Waals surface area contributed by atoms with Crippen LogP contribution in [0.3, 0.4) is 0 Å². The number of aromatic nitrogens is 1. The number of nitrogens with zero attached hydrogens (tertiary/aromatic N) is 2. The lowest BCUT2D eigenvalue weighted by Gasteiger charge is -2.19. The van der Waals surface area contributed by atoms with Crippen molar-refractivity contribution < 1.29 is 9.53 Å². The summed E-state index contributed by atoms with van der Waals surface area (Å²) in [4.78, 5) is 18.6. The van der Waals surface area contributed by atoms with Crippen molar-refractivity contribution in [2.24, 2.45) is 0 Å². The normalized spacial score (nSPS) is 10.3. The molecule has 3 rings (SSSR count). The van der Waals surface area contributed by atoms with E-state index < -0.39 is 0 Å². The van der Waals surface area contributed by atoms with Crippen LogP contribution in [-0.4, -0.2) is 22.8 Å². The maximum absolute atomic E-state index is 12.8. The second-order valence-electron chi connectivity index (χ2n) is 5.52. The second kappa shape index (κ2) is 7.81. The minimum absolute atomic E-state index is 0.182. The Labute approximate surface area is 151 Å². The zero-order valence-corrected chi connectivity index (χ0v) is 14.5. The first-order valence-electron chi connectivity index (χ1n) is 7.82. The van der Waals surface area contributed by atoms with Crippen LogP contribution in [0.15, 0.2) is 72.9 Å². The Balaban J connectivity index is 1.81. The molecule has 126 valence electrons. The summed E-state index contributed by atoms with van der Waals surface area (Å²) in [6.07, 6.45) is 1.60.